The van der Waals surface area contributed by atoms with Crippen LogP contribution in [-0.2, 0) is 0 Å². The minimum Gasteiger partial charge on any atom is -0.307 e. The molecule has 1 N–H and O–H groups in total. The Labute approximate surface area is 94.7 Å². The normalized spacial score (nSPS) is 12.5. The van der Waals surface area contributed by atoms with E-state index in [1.54, 1.807) is 6.08 Å². The van der Waals surface area contributed by atoms with Crippen LogP contribution >= 0.6 is 23.2 Å². The maximum atomic E-state index is 6.07. The Bertz CT molecular complexity index is 303. The monoisotopic (exact) mass is 229 g/mol. The van der Waals surface area contributed by atoms with Crippen molar-refractivity contribution < 1.29 is 0 Å². The predicted octanol–water partition coefficient (Wildman–Crippen LogP) is 3.83. The lowest BCUT2D eigenvalue weighted by atomic mass is 10.1. The van der Waals surface area contributed by atoms with Gasteiger partial charge in [-0.3, -0.25) is 0 Å². The molecule has 0 saturated carbocycles. The van der Waals surface area contributed by atoms with Crippen molar-refractivity contribution in [2.75, 3.05) is 6.54 Å². The number of rotatable bonds is 4. The summed E-state index contributed by atoms with van der Waals surface area (Å²) in [6.45, 7) is 6.63. The summed E-state index contributed by atoms with van der Waals surface area (Å²) in [7, 11) is 0. The van der Waals surface area contributed by atoms with E-state index < -0.39 is 0 Å². The van der Waals surface area contributed by atoms with Crippen molar-refractivity contribution in [2.45, 2.75) is 13.0 Å². The molecule has 1 nitrogen and oxygen atoms in total. The first-order valence-electron chi connectivity index (χ1n) is 4.50. The zero-order chi connectivity index (χ0) is 10.6. The minimum absolute atomic E-state index is 0.0150. The summed E-state index contributed by atoms with van der Waals surface area (Å²) in [4.78, 5) is 0. The average Bonchev–Trinajstić information content (AvgIpc) is 2.16. The Morgan fingerprint density at radius 2 is 2.00 bits per heavy atom. The van der Waals surface area contributed by atoms with Gasteiger partial charge in [0.1, 0.15) is 0 Å². The molecule has 0 aliphatic heterocycles. The van der Waals surface area contributed by atoms with Gasteiger partial charge in [0, 0.05) is 15.6 Å². The highest BCUT2D eigenvalue weighted by molar-refractivity contribution is 6.36. The molecule has 1 aromatic carbocycles. The van der Waals surface area contributed by atoms with Crippen molar-refractivity contribution in [3.8, 4) is 0 Å². The van der Waals surface area contributed by atoms with Gasteiger partial charge < -0.3 is 5.32 Å². The van der Waals surface area contributed by atoms with Crippen LogP contribution in [0.15, 0.2) is 30.9 Å². The number of halogens is 2. The van der Waals surface area contributed by atoms with Gasteiger partial charge >= 0.3 is 0 Å². The van der Waals surface area contributed by atoms with Crippen molar-refractivity contribution in [2.24, 2.45) is 0 Å². The van der Waals surface area contributed by atoms with Crippen LogP contribution in [0.3, 0.4) is 0 Å². The molecule has 0 aliphatic carbocycles. The molecule has 0 spiro atoms. The third-order valence-corrected chi connectivity index (χ3v) is 2.63. The van der Waals surface area contributed by atoms with E-state index in [9.17, 15) is 0 Å². The fraction of sp³-hybridized carbons (Fsp3) is 0.273. The number of benzene rings is 1. The Hall–Kier alpha value is -0.500. The molecule has 0 amide bonds. The van der Waals surface area contributed by atoms with E-state index in [2.05, 4.69) is 11.9 Å². The van der Waals surface area contributed by atoms with E-state index in [0.29, 0.717) is 10.0 Å². The van der Waals surface area contributed by atoms with Gasteiger partial charge in [0.2, 0.25) is 0 Å². The van der Waals surface area contributed by atoms with Gasteiger partial charge in [0.15, 0.2) is 0 Å². The molecular weight excluding hydrogens is 217 g/mol. The summed E-state index contributed by atoms with van der Waals surface area (Å²) < 4.78 is 0. The van der Waals surface area contributed by atoms with Crippen molar-refractivity contribution in [3.05, 3.63) is 46.5 Å². The number of likely N-dealkylation sites (N-methyl/N-ethyl adjacent to an activating group) is 1. The van der Waals surface area contributed by atoms with E-state index in [1.165, 1.54) is 0 Å². The molecule has 3 heteroatoms. The summed E-state index contributed by atoms with van der Waals surface area (Å²) >= 11 is 12.1. The minimum atomic E-state index is 0.0150. The van der Waals surface area contributed by atoms with Crippen LogP contribution in [0.25, 0.3) is 0 Å². The molecule has 0 radical (unpaired) electrons. The Kier molecular flexibility index (Phi) is 4.46. The molecule has 1 unspecified atom stereocenters. The second-order valence-electron chi connectivity index (χ2n) is 2.91. The van der Waals surface area contributed by atoms with E-state index in [4.69, 9.17) is 23.2 Å². The number of hydrogen-bond acceptors (Lipinski definition) is 1. The van der Waals surface area contributed by atoms with Gasteiger partial charge in [-0.1, -0.05) is 42.3 Å². The highest BCUT2D eigenvalue weighted by Crippen LogP contribution is 2.30. The van der Waals surface area contributed by atoms with Gasteiger partial charge in [-0.15, -0.1) is 6.58 Å². The van der Waals surface area contributed by atoms with Crippen molar-refractivity contribution in [1.82, 2.24) is 5.32 Å². The molecule has 0 bridgehead atoms. The molecular formula is C11H13Cl2N. The second-order valence-corrected chi connectivity index (χ2v) is 3.72. The fourth-order valence-corrected chi connectivity index (χ4v) is 1.96. The summed E-state index contributed by atoms with van der Waals surface area (Å²) in [5.41, 5.74) is 0.896. The van der Waals surface area contributed by atoms with Crippen molar-refractivity contribution >= 4 is 23.2 Å². The third-order valence-electron chi connectivity index (χ3n) is 1.97. The van der Waals surface area contributed by atoms with E-state index in [1.807, 2.05) is 25.1 Å². The largest absolute Gasteiger partial charge is 0.307 e. The molecule has 1 aromatic rings. The molecule has 14 heavy (non-hydrogen) atoms. The molecule has 0 saturated heterocycles. The lowest BCUT2D eigenvalue weighted by Crippen LogP contribution is -2.19. The summed E-state index contributed by atoms with van der Waals surface area (Å²) in [6, 6.07) is 5.51. The van der Waals surface area contributed by atoms with Gasteiger partial charge in [0.25, 0.3) is 0 Å². The molecule has 1 atom stereocenters. The fourth-order valence-electron chi connectivity index (χ4n) is 1.33. The van der Waals surface area contributed by atoms with Crippen molar-refractivity contribution in [3.63, 3.8) is 0 Å². The second kappa shape index (κ2) is 5.40. The quantitative estimate of drug-likeness (QED) is 0.775. The Balaban J connectivity index is 3.08. The Morgan fingerprint density at radius 3 is 2.43 bits per heavy atom. The van der Waals surface area contributed by atoms with Crippen LogP contribution in [0, 0.1) is 0 Å². The SMILES string of the molecule is C=CC(NCC)c1c(Cl)cccc1Cl. The molecule has 0 heterocycles. The summed E-state index contributed by atoms with van der Waals surface area (Å²) in [5, 5.41) is 4.58. The van der Waals surface area contributed by atoms with Crippen LogP contribution in [0.4, 0.5) is 0 Å². The van der Waals surface area contributed by atoms with E-state index in [-0.39, 0.29) is 6.04 Å². The highest BCUT2D eigenvalue weighted by Gasteiger charge is 2.13. The van der Waals surface area contributed by atoms with Gasteiger partial charge in [-0.25, -0.2) is 0 Å². The maximum Gasteiger partial charge on any atom is 0.0533 e. The highest BCUT2D eigenvalue weighted by atomic mass is 35.5. The summed E-state index contributed by atoms with van der Waals surface area (Å²) in [5.74, 6) is 0. The van der Waals surface area contributed by atoms with E-state index >= 15 is 0 Å². The van der Waals surface area contributed by atoms with E-state index in [0.717, 1.165) is 12.1 Å². The molecule has 1 rings (SSSR count). The van der Waals surface area contributed by atoms with Gasteiger partial charge in [-0.05, 0) is 18.7 Å². The number of nitrogens with one attached hydrogen (secondary N) is 1. The van der Waals surface area contributed by atoms with Gasteiger partial charge in [-0.2, -0.15) is 0 Å². The van der Waals surface area contributed by atoms with Crippen molar-refractivity contribution in [1.29, 1.82) is 0 Å². The lowest BCUT2D eigenvalue weighted by Gasteiger charge is -2.16. The van der Waals surface area contributed by atoms with Crippen LogP contribution in [0.5, 0.6) is 0 Å². The first-order chi connectivity index (χ1) is 6.70. The standard InChI is InChI=1S/C11H13Cl2N/c1-3-10(14-4-2)11-8(12)6-5-7-9(11)13/h3,5-7,10,14H,1,4H2,2H3. The molecule has 0 fully saturated rings. The summed E-state index contributed by atoms with van der Waals surface area (Å²) in [6.07, 6.45) is 1.80. The zero-order valence-corrected chi connectivity index (χ0v) is 9.57. The zero-order valence-electron chi connectivity index (χ0n) is 8.06. The predicted molar refractivity (Wildman–Crippen MR) is 63.1 cm³/mol. The van der Waals surface area contributed by atoms with Crippen LogP contribution in [-0.4, -0.2) is 6.54 Å². The maximum absolute atomic E-state index is 6.07. The molecule has 0 aromatic heterocycles. The Morgan fingerprint density at radius 1 is 1.43 bits per heavy atom. The van der Waals surface area contributed by atoms with Crippen LogP contribution in [0.1, 0.15) is 18.5 Å². The third kappa shape index (κ3) is 2.50. The molecule has 0 aliphatic rings. The average molecular weight is 230 g/mol. The first-order valence-corrected chi connectivity index (χ1v) is 5.26. The topological polar surface area (TPSA) is 12.0 Å². The number of hydrogen-bond donors (Lipinski definition) is 1. The van der Waals surface area contributed by atoms with Crippen LogP contribution < -0.4 is 5.32 Å². The van der Waals surface area contributed by atoms with Gasteiger partial charge in [0.05, 0.1) is 6.04 Å². The molecule has 76 valence electrons. The lowest BCUT2D eigenvalue weighted by molar-refractivity contribution is 0.649. The van der Waals surface area contributed by atoms with Crippen LogP contribution in [0.2, 0.25) is 10.0 Å². The smallest absolute Gasteiger partial charge is 0.0533 e. The first kappa shape index (κ1) is 11.6.